The number of hydrogen-bond donors (Lipinski definition) is 2. The molecule has 152 valence electrons. The van der Waals surface area contributed by atoms with Crippen LogP contribution in [-0.4, -0.2) is 28.8 Å². The summed E-state index contributed by atoms with van der Waals surface area (Å²) >= 11 is 0.449. The van der Waals surface area contributed by atoms with Gasteiger partial charge in [-0.05, 0) is 12.8 Å². The van der Waals surface area contributed by atoms with Crippen molar-refractivity contribution in [2.24, 2.45) is 0 Å². The van der Waals surface area contributed by atoms with Crippen molar-refractivity contribution in [3.8, 4) is 0 Å². The van der Waals surface area contributed by atoms with Gasteiger partial charge in [0.05, 0.1) is 0 Å². The van der Waals surface area contributed by atoms with Crippen LogP contribution in [0.4, 0.5) is 0 Å². The van der Waals surface area contributed by atoms with Gasteiger partial charge in [0, 0.05) is 17.1 Å². The second kappa shape index (κ2) is 18.7. The number of hydrogen-bond acceptors (Lipinski definition) is 3. The molecule has 6 heteroatoms. The molecule has 0 heterocycles. The minimum atomic E-state index is -1.02. The molecule has 0 fully saturated rings. The Bertz CT molecular complexity index is 377. The molecule has 0 aromatic carbocycles. The normalized spacial score (nSPS) is 11.9. The second-order valence-electron chi connectivity index (χ2n) is 7.06. The van der Waals surface area contributed by atoms with Crippen molar-refractivity contribution in [1.29, 1.82) is 0 Å². The van der Waals surface area contributed by atoms with Crippen molar-refractivity contribution < 1.29 is 18.9 Å². The predicted molar refractivity (Wildman–Crippen MR) is 107 cm³/mol. The molecule has 0 rings (SSSR count). The first-order valence-corrected chi connectivity index (χ1v) is 11.3. The van der Waals surface area contributed by atoms with Crippen LogP contribution in [-0.2, 0) is 25.5 Å². The van der Waals surface area contributed by atoms with E-state index in [-0.39, 0.29) is 5.91 Å². The first-order chi connectivity index (χ1) is 12.6. The molecular formula is C20H38NO4S+. The zero-order chi connectivity index (χ0) is 19.5. The third kappa shape index (κ3) is 16.4. The average molecular weight is 389 g/mol. The number of carboxylic acids is 1. The molecule has 1 amide bonds. The molecule has 26 heavy (non-hydrogen) atoms. The lowest BCUT2D eigenvalue weighted by molar-refractivity contribution is -0.142. The van der Waals surface area contributed by atoms with E-state index in [4.69, 9.17) is 5.11 Å². The molecule has 0 aromatic rings. The van der Waals surface area contributed by atoms with Gasteiger partial charge in [-0.3, -0.25) is 4.79 Å². The fraction of sp³-hybridized carbons (Fsp3) is 0.900. The molecule has 0 aliphatic rings. The van der Waals surface area contributed by atoms with Crippen molar-refractivity contribution in [3.05, 3.63) is 0 Å². The zero-order valence-corrected chi connectivity index (χ0v) is 17.3. The molecule has 0 aromatic heterocycles. The van der Waals surface area contributed by atoms with Crippen LogP contribution in [0.5, 0.6) is 0 Å². The molecule has 2 N–H and O–H groups in total. The molecule has 0 unspecified atom stereocenters. The van der Waals surface area contributed by atoms with Crippen LogP contribution in [0, 0.1) is 0 Å². The monoisotopic (exact) mass is 388 g/mol. The second-order valence-corrected chi connectivity index (χ2v) is 7.71. The number of carboxylic acid groups (broad SMARTS) is 1. The molecule has 0 radical (unpaired) electrons. The smallest absolute Gasteiger partial charge is 0.458 e. The summed E-state index contributed by atoms with van der Waals surface area (Å²) in [4.78, 5) is 22.9. The first kappa shape index (κ1) is 25.0. The van der Waals surface area contributed by atoms with E-state index >= 15 is 0 Å². The van der Waals surface area contributed by atoms with E-state index in [2.05, 4.69) is 12.2 Å². The lowest BCUT2D eigenvalue weighted by Gasteiger charge is -2.13. The molecule has 0 bridgehead atoms. The van der Waals surface area contributed by atoms with Crippen LogP contribution in [0.15, 0.2) is 0 Å². The van der Waals surface area contributed by atoms with Gasteiger partial charge in [-0.15, -0.1) is 0 Å². The van der Waals surface area contributed by atoms with E-state index in [1.54, 1.807) is 0 Å². The lowest BCUT2D eigenvalue weighted by Crippen LogP contribution is -2.40. The van der Waals surface area contributed by atoms with Crippen molar-refractivity contribution >= 4 is 23.5 Å². The lowest BCUT2D eigenvalue weighted by atomic mass is 10.0. The van der Waals surface area contributed by atoms with Gasteiger partial charge in [0.25, 0.3) is 0 Å². The maximum Gasteiger partial charge on any atom is 0.458 e. The van der Waals surface area contributed by atoms with E-state index in [9.17, 15) is 13.8 Å². The zero-order valence-electron chi connectivity index (χ0n) is 16.5. The fourth-order valence-electron chi connectivity index (χ4n) is 3.00. The molecule has 1 atom stereocenters. The third-order valence-electron chi connectivity index (χ3n) is 4.61. The fourth-order valence-corrected chi connectivity index (χ4v) is 3.28. The van der Waals surface area contributed by atoms with Crippen molar-refractivity contribution in [2.75, 3.05) is 5.75 Å². The SMILES string of the molecule is CCCCCCCCCCCCCCC(=O)N[C@@H](CCC[S+]=O)C(=O)O. The van der Waals surface area contributed by atoms with Crippen LogP contribution < -0.4 is 5.32 Å². The van der Waals surface area contributed by atoms with Gasteiger partial charge in [-0.1, -0.05) is 77.6 Å². The standard InChI is InChI=1S/C20H37NO4S/c1-2-3-4-5-6-7-8-9-10-11-12-13-16-19(22)21-18(20(23)24)15-14-17-26-25/h18H,2-17H2,1H3,(H-,21,22,23,24)/p+1/t18-/m0/s1. The minimum Gasteiger partial charge on any atom is -0.480 e. The van der Waals surface area contributed by atoms with Gasteiger partial charge in [0.1, 0.15) is 6.04 Å². The Morgan fingerprint density at radius 1 is 0.846 bits per heavy atom. The Labute approximate surface area is 163 Å². The summed E-state index contributed by atoms with van der Waals surface area (Å²) in [5.41, 5.74) is 0. The first-order valence-electron chi connectivity index (χ1n) is 10.4. The summed E-state index contributed by atoms with van der Waals surface area (Å²) in [5, 5.41) is 11.7. The minimum absolute atomic E-state index is 0.195. The number of rotatable bonds is 19. The van der Waals surface area contributed by atoms with Crippen LogP contribution in [0.25, 0.3) is 0 Å². The van der Waals surface area contributed by atoms with E-state index in [0.29, 0.717) is 36.7 Å². The highest BCUT2D eigenvalue weighted by atomic mass is 32.1. The van der Waals surface area contributed by atoms with Crippen LogP contribution in [0.1, 0.15) is 103 Å². The average Bonchev–Trinajstić information content (AvgIpc) is 2.61. The van der Waals surface area contributed by atoms with Crippen molar-refractivity contribution in [3.63, 3.8) is 0 Å². The Morgan fingerprint density at radius 3 is 1.81 bits per heavy atom. The summed E-state index contributed by atoms with van der Waals surface area (Å²) in [6.45, 7) is 2.24. The van der Waals surface area contributed by atoms with Gasteiger partial charge in [-0.2, -0.15) is 0 Å². The number of carbonyl (C=O) groups excluding carboxylic acids is 1. The maximum atomic E-state index is 11.8. The number of aliphatic carboxylic acids is 1. The topological polar surface area (TPSA) is 83.5 Å². The summed E-state index contributed by atoms with van der Waals surface area (Å²) in [6, 6.07) is -0.869. The Hall–Kier alpha value is -1.04. The Morgan fingerprint density at radius 2 is 1.35 bits per heavy atom. The molecule has 0 aliphatic heterocycles. The van der Waals surface area contributed by atoms with Gasteiger partial charge in [-0.25, -0.2) is 4.79 Å². The highest BCUT2D eigenvalue weighted by Crippen LogP contribution is 2.12. The summed E-state index contributed by atoms with van der Waals surface area (Å²) < 4.78 is 10.3. The predicted octanol–water partition coefficient (Wildman–Crippen LogP) is 4.86. The summed E-state index contributed by atoms with van der Waals surface area (Å²) in [5.74, 6) is -0.846. The van der Waals surface area contributed by atoms with Crippen LogP contribution >= 0.6 is 0 Å². The van der Waals surface area contributed by atoms with E-state index < -0.39 is 12.0 Å². The largest absolute Gasteiger partial charge is 0.480 e. The molecule has 0 saturated heterocycles. The van der Waals surface area contributed by atoms with Gasteiger partial charge in [0.15, 0.2) is 0 Å². The van der Waals surface area contributed by atoms with Crippen molar-refractivity contribution in [1.82, 2.24) is 5.32 Å². The molecule has 0 saturated carbocycles. The molecule has 5 nitrogen and oxygen atoms in total. The number of unbranched alkanes of at least 4 members (excludes halogenated alkanes) is 11. The van der Waals surface area contributed by atoms with Gasteiger partial charge in [0.2, 0.25) is 11.7 Å². The quantitative estimate of drug-likeness (QED) is 0.245. The molecule has 0 aliphatic carbocycles. The number of amides is 1. The van der Waals surface area contributed by atoms with Crippen molar-refractivity contribution in [2.45, 2.75) is 109 Å². The maximum absolute atomic E-state index is 11.8. The summed E-state index contributed by atoms with van der Waals surface area (Å²) in [6.07, 6.45) is 16.1. The van der Waals surface area contributed by atoms with Crippen LogP contribution in [0.3, 0.4) is 0 Å². The highest BCUT2D eigenvalue weighted by Gasteiger charge is 2.20. The number of carbonyl (C=O) groups is 2. The van der Waals surface area contributed by atoms with Gasteiger partial charge < -0.3 is 10.4 Å². The Balaban J connectivity index is 3.52. The van der Waals surface area contributed by atoms with E-state index in [0.717, 1.165) is 19.3 Å². The van der Waals surface area contributed by atoms with Gasteiger partial charge >= 0.3 is 17.6 Å². The molecular weight excluding hydrogens is 350 g/mol. The molecule has 0 spiro atoms. The highest BCUT2D eigenvalue weighted by molar-refractivity contribution is 7.65. The Kier molecular flexibility index (Phi) is 18.0. The van der Waals surface area contributed by atoms with Crippen LogP contribution in [0.2, 0.25) is 0 Å². The number of nitrogens with one attached hydrogen (secondary N) is 1. The third-order valence-corrected chi connectivity index (χ3v) is 5.07. The summed E-state index contributed by atoms with van der Waals surface area (Å²) in [7, 11) is 0. The van der Waals surface area contributed by atoms with E-state index in [1.165, 1.54) is 57.8 Å². The van der Waals surface area contributed by atoms with E-state index in [1.807, 2.05) is 0 Å².